The third kappa shape index (κ3) is 9.53. The first-order valence-corrected chi connectivity index (χ1v) is 17.6. The van der Waals surface area contributed by atoms with Crippen LogP contribution < -0.4 is 16.0 Å². The highest BCUT2D eigenvalue weighted by molar-refractivity contribution is 5.33. The number of hydrogen-bond donors (Lipinski definition) is 3. The largest absolute Gasteiger partial charge is 0.380 e. The van der Waals surface area contributed by atoms with Crippen LogP contribution in [0.1, 0.15) is 113 Å². The lowest BCUT2D eigenvalue weighted by molar-refractivity contribution is 0.00937. The first kappa shape index (κ1) is 38.0. The Morgan fingerprint density at radius 2 is 1.50 bits per heavy atom. The van der Waals surface area contributed by atoms with Crippen LogP contribution in [0.3, 0.4) is 0 Å². The minimum Gasteiger partial charge on any atom is -0.380 e. The maximum Gasteiger partial charge on any atom is 0.245 e. The molecule has 1 heterocycles. The van der Waals surface area contributed by atoms with Gasteiger partial charge in [0.15, 0.2) is 0 Å². The fourth-order valence-corrected chi connectivity index (χ4v) is 7.99. The zero-order chi connectivity index (χ0) is 34.8. The smallest absolute Gasteiger partial charge is 0.245 e. The first-order chi connectivity index (χ1) is 21.1. The van der Waals surface area contributed by atoms with E-state index in [1.807, 2.05) is 6.92 Å². The van der Waals surface area contributed by atoms with E-state index in [4.69, 9.17) is 6.58 Å². The maximum absolute atomic E-state index is 14.0. The Kier molecular flexibility index (Phi) is 12.2. The van der Waals surface area contributed by atoms with Crippen molar-refractivity contribution in [3.8, 4) is 0 Å². The number of allylic oxidation sites excluding steroid dienone is 1. The van der Waals surface area contributed by atoms with Crippen molar-refractivity contribution in [2.45, 2.75) is 143 Å². The van der Waals surface area contributed by atoms with Gasteiger partial charge in [0.2, 0.25) is 5.92 Å². The van der Waals surface area contributed by atoms with E-state index < -0.39 is 5.92 Å². The summed E-state index contributed by atoms with van der Waals surface area (Å²) in [6, 6.07) is -0.0492. The van der Waals surface area contributed by atoms with Crippen LogP contribution in [0.2, 0.25) is 0 Å². The summed E-state index contributed by atoms with van der Waals surface area (Å²) in [5, 5.41) is 11.2. The van der Waals surface area contributed by atoms with Crippen LogP contribution >= 0.6 is 0 Å². The Morgan fingerprint density at radius 3 is 2.02 bits per heavy atom. The van der Waals surface area contributed by atoms with Crippen LogP contribution in [-0.2, 0) is 0 Å². The van der Waals surface area contributed by atoms with Crippen molar-refractivity contribution in [2.75, 3.05) is 6.54 Å². The summed E-state index contributed by atoms with van der Waals surface area (Å²) < 4.78 is 27.9. The third-order valence-electron chi connectivity index (χ3n) is 11.2. The molecule has 6 unspecified atom stereocenters. The maximum atomic E-state index is 14.0. The molecule has 0 aromatic heterocycles. The number of hydrogen-bond acceptors (Lipinski definition) is 4. The van der Waals surface area contributed by atoms with Crippen molar-refractivity contribution in [3.05, 3.63) is 73.4 Å². The highest BCUT2D eigenvalue weighted by Gasteiger charge is 2.67. The van der Waals surface area contributed by atoms with Gasteiger partial charge in [0, 0.05) is 30.4 Å². The van der Waals surface area contributed by atoms with Crippen LogP contribution in [0.4, 0.5) is 8.78 Å². The molecule has 3 rings (SSSR count). The summed E-state index contributed by atoms with van der Waals surface area (Å²) in [7, 11) is 0. The van der Waals surface area contributed by atoms with Crippen molar-refractivity contribution in [3.63, 3.8) is 0 Å². The fourth-order valence-electron chi connectivity index (χ4n) is 7.99. The molecule has 4 nitrogen and oxygen atoms in total. The van der Waals surface area contributed by atoms with Crippen molar-refractivity contribution in [1.29, 1.82) is 0 Å². The highest BCUT2D eigenvalue weighted by Crippen LogP contribution is 2.66. The van der Waals surface area contributed by atoms with Gasteiger partial charge in [-0.05, 0) is 87.0 Å². The molecule has 0 amide bonds. The van der Waals surface area contributed by atoms with Crippen LogP contribution in [0.15, 0.2) is 73.4 Å². The molecule has 2 aliphatic carbocycles. The summed E-state index contributed by atoms with van der Waals surface area (Å²) >= 11 is 0. The molecular weight excluding hydrogens is 574 g/mol. The SMILES string of the molecule is C=C(C)CCC(NC(=C)NC(C(=C)N1CC2C(C1C(=C)NC(CCC(C)(F)F)C(=C)C(=C)C)C2(C)C)C1CCCCC1)C(C)(C)C. The van der Waals surface area contributed by atoms with Gasteiger partial charge in [0.1, 0.15) is 0 Å². The van der Waals surface area contributed by atoms with Gasteiger partial charge >= 0.3 is 0 Å². The van der Waals surface area contributed by atoms with Gasteiger partial charge < -0.3 is 20.9 Å². The number of halogens is 2. The Bertz CT molecular complexity index is 1160. The quantitative estimate of drug-likeness (QED) is 0.103. The van der Waals surface area contributed by atoms with Gasteiger partial charge in [0.05, 0.1) is 23.9 Å². The molecule has 260 valence electrons. The molecule has 2 saturated carbocycles. The van der Waals surface area contributed by atoms with Crippen LogP contribution in [0.5, 0.6) is 0 Å². The number of nitrogens with zero attached hydrogens (tertiary/aromatic N) is 1. The lowest BCUT2D eigenvalue weighted by Crippen LogP contribution is -2.51. The summed E-state index contributed by atoms with van der Waals surface area (Å²) in [4.78, 5) is 2.47. The van der Waals surface area contributed by atoms with Gasteiger partial charge in [-0.1, -0.05) is 97.9 Å². The predicted octanol–water partition coefficient (Wildman–Crippen LogP) is 9.87. The molecule has 3 aliphatic rings. The van der Waals surface area contributed by atoms with E-state index in [1.54, 1.807) is 0 Å². The van der Waals surface area contributed by atoms with Gasteiger partial charge in [-0.15, -0.1) is 6.58 Å². The molecule has 3 N–H and O–H groups in total. The Hall–Kier alpha value is -2.50. The van der Waals surface area contributed by atoms with Gasteiger partial charge in [0.25, 0.3) is 0 Å². The van der Waals surface area contributed by atoms with E-state index in [-0.39, 0.29) is 47.8 Å². The molecule has 0 aromatic rings. The fraction of sp³-hybridized carbons (Fsp3) is 0.700. The van der Waals surface area contributed by atoms with E-state index in [0.717, 1.165) is 67.5 Å². The molecule has 0 bridgehead atoms. The zero-order valence-electron chi connectivity index (χ0n) is 30.6. The van der Waals surface area contributed by atoms with Gasteiger partial charge in [-0.25, -0.2) is 8.78 Å². The Labute approximate surface area is 281 Å². The lowest BCUT2D eigenvalue weighted by Gasteiger charge is -2.43. The van der Waals surface area contributed by atoms with E-state index in [0.29, 0.717) is 17.8 Å². The standard InChI is InChI=1S/C40H66F2N4/c1-25(2)20-21-34(38(9,10)11)44-30(8)45-36(31-18-16-15-17-19-31)29(7)46-24-32-35(39(32,12)13)37(46)28(6)43-33(27(5)26(3)4)22-23-40(14,41)42/h31-37,43-45H,1,3,5-8,15-24H2,2,4,9-14H3. The first-order valence-electron chi connectivity index (χ1n) is 17.6. The van der Waals surface area contributed by atoms with Gasteiger partial charge in [-0.3, -0.25) is 0 Å². The number of nitrogens with one attached hydrogen (secondary N) is 3. The van der Waals surface area contributed by atoms with E-state index in [2.05, 4.69) is 95.3 Å². The Morgan fingerprint density at radius 1 is 0.891 bits per heavy atom. The second-order valence-corrected chi connectivity index (χ2v) is 16.7. The lowest BCUT2D eigenvalue weighted by atomic mass is 9.81. The molecule has 0 aromatic carbocycles. The van der Waals surface area contributed by atoms with Crippen LogP contribution in [0, 0.1) is 28.6 Å². The number of piperidine rings is 1. The third-order valence-corrected chi connectivity index (χ3v) is 11.2. The molecule has 6 heteroatoms. The molecule has 1 aliphatic heterocycles. The second kappa shape index (κ2) is 14.7. The molecule has 6 atom stereocenters. The van der Waals surface area contributed by atoms with E-state index >= 15 is 0 Å². The van der Waals surface area contributed by atoms with E-state index in [1.165, 1.54) is 24.8 Å². The molecule has 3 fully saturated rings. The van der Waals surface area contributed by atoms with Crippen LogP contribution in [0.25, 0.3) is 0 Å². The second-order valence-electron chi connectivity index (χ2n) is 16.7. The minimum absolute atomic E-state index is 0.0158. The number of fused-ring (bicyclic) bond motifs is 1. The van der Waals surface area contributed by atoms with E-state index in [9.17, 15) is 8.78 Å². The normalized spacial score (nSPS) is 24.7. The van der Waals surface area contributed by atoms with Crippen molar-refractivity contribution < 1.29 is 8.78 Å². The molecule has 46 heavy (non-hydrogen) atoms. The summed E-state index contributed by atoms with van der Waals surface area (Å²) in [6.45, 7) is 43.6. The van der Waals surface area contributed by atoms with Gasteiger partial charge in [-0.2, -0.15) is 0 Å². The summed E-state index contributed by atoms with van der Waals surface area (Å²) in [5.74, 6) is -0.514. The number of rotatable bonds is 18. The van der Waals surface area contributed by atoms with Crippen LogP contribution in [-0.4, -0.2) is 41.5 Å². The van der Waals surface area contributed by atoms with Crippen molar-refractivity contribution in [2.24, 2.45) is 28.6 Å². The molecule has 0 spiro atoms. The summed E-state index contributed by atoms with van der Waals surface area (Å²) in [5.41, 5.74) is 4.92. The molecule has 0 radical (unpaired) electrons. The zero-order valence-corrected chi connectivity index (χ0v) is 30.6. The highest BCUT2D eigenvalue weighted by atomic mass is 19.3. The van der Waals surface area contributed by atoms with Crippen molar-refractivity contribution in [1.82, 2.24) is 20.9 Å². The number of alkyl halides is 2. The van der Waals surface area contributed by atoms with Crippen molar-refractivity contribution >= 4 is 0 Å². The topological polar surface area (TPSA) is 39.3 Å². The predicted molar refractivity (Wildman–Crippen MR) is 193 cm³/mol. The minimum atomic E-state index is -2.75. The Balaban J connectivity index is 1.86. The monoisotopic (exact) mass is 641 g/mol. The average Bonchev–Trinajstić information content (AvgIpc) is 3.26. The number of likely N-dealkylation sites (tertiary alicyclic amines) is 1. The molecule has 1 saturated heterocycles. The summed E-state index contributed by atoms with van der Waals surface area (Å²) in [6.07, 6.45) is 8.04. The average molecular weight is 641 g/mol. The molecular formula is C40H66F2N4.